The van der Waals surface area contributed by atoms with E-state index in [2.05, 4.69) is 20.8 Å². The predicted molar refractivity (Wildman–Crippen MR) is 95.9 cm³/mol. The molecule has 2 aliphatic heterocycles. The largest absolute Gasteiger partial charge is 0.339 e. The third kappa shape index (κ3) is 3.25. The minimum Gasteiger partial charge on any atom is -0.339 e. The second kappa shape index (κ2) is 7.25. The van der Waals surface area contributed by atoms with Gasteiger partial charge in [0.2, 0.25) is 5.91 Å². The number of halogens is 1. The average molecular weight is 362 g/mol. The van der Waals surface area contributed by atoms with E-state index < -0.39 is 6.04 Å². The monoisotopic (exact) mass is 361 g/mol. The second-order valence-corrected chi connectivity index (χ2v) is 6.10. The normalized spacial score (nSPS) is 19.3. The molecule has 132 valence electrons. The Morgan fingerprint density at radius 1 is 1.28 bits per heavy atom. The lowest BCUT2D eigenvalue weighted by atomic mass is 10.1. The highest BCUT2D eigenvalue weighted by molar-refractivity contribution is 6.03. The van der Waals surface area contributed by atoms with Crippen LogP contribution in [0.5, 0.6) is 0 Å². The smallest absolute Gasteiger partial charge is 0.272 e. The van der Waals surface area contributed by atoms with Gasteiger partial charge in [-0.05, 0) is 18.6 Å². The predicted octanol–water partition coefficient (Wildman–Crippen LogP) is 1.01. The number of benzene rings is 1. The molecule has 1 aromatic heterocycles. The highest BCUT2D eigenvalue weighted by Gasteiger charge is 2.34. The Morgan fingerprint density at radius 3 is 2.88 bits per heavy atom. The van der Waals surface area contributed by atoms with E-state index in [-0.39, 0.29) is 24.2 Å². The molecular weight excluding hydrogens is 342 g/mol. The molecule has 0 bridgehead atoms. The standard InChI is InChI=1S/C17H19N5O2.ClH/c23-16(15-12-10-18-8-6-13(12)20-21-15)19-14-7-9-22(17(14)24)11-4-2-1-3-5-11;/h1-5,14,18H,6-10H2,(H,19,23)(H,20,21);1H. The van der Waals surface area contributed by atoms with Crippen LogP contribution >= 0.6 is 12.4 Å². The third-order valence-corrected chi connectivity index (χ3v) is 4.60. The summed E-state index contributed by atoms with van der Waals surface area (Å²) < 4.78 is 0. The molecule has 1 fully saturated rings. The van der Waals surface area contributed by atoms with Crippen molar-refractivity contribution >= 4 is 29.9 Å². The quantitative estimate of drug-likeness (QED) is 0.761. The van der Waals surface area contributed by atoms with E-state index in [9.17, 15) is 9.59 Å². The second-order valence-electron chi connectivity index (χ2n) is 6.10. The summed E-state index contributed by atoms with van der Waals surface area (Å²) in [7, 11) is 0. The fraction of sp³-hybridized carbons (Fsp3) is 0.353. The number of carbonyl (C=O) groups excluding carboxylic acids is 2. The van der Waals surface area contributed by atoms with Gasteiger partial charge in [-0.1, -0.05) is 18.2 Å². The van der Waals surface area contributed by atoms with Gasteiger partial charge in [0.05, 0.1) is 0 Å². The first kappa shape index (κ1) is 17.4. The van der Waals surface area contributed by atoms with E-state index in [0.717, 1.165) is 29.9 Å². The zero-order valence-corrected chi connectivity index (χ0v) is 14.4. The number of nitrogens with zero attached hydrogens (tertiary/aromatic N) is 2. The number of aromatic amines is 1. The van der Waals surface area contributed by atoms with Crippen LogP contribution in [0.25, 0.3) is 0 Å². The van der Waals surface area contributed by atoms with Gasteiger partial charge in [0, 0.05) is 43.0 Å². The summed E-state index contributed by atoms with van der Waals surface area (Å²) in [6.45, 7) is 2.11. The van der Waals surface area contributed by atoms with Gasteiger partial charge in [-0.15, -0.1) is 12.4 Å². The number of anilines is 1. The number of H-pyrrole nitrogens is 1. The molecular formula is C17H20ClN5O2. The van der Waals surface area contributed by atoms with Crippen molar-refractivity contribution in [2.45, 2.75) is 25.4 Å². The molecule has 3 heterocycles. The van der Waals surface area contributed by atoms with Gasteiger partial charge < -0.3 is 15.5 Å². The third-order valence-electron chi connectivity index (χ3n) is 4.60. The van der Waals surface area contributed by atoms with Crippen LogP contribution in [0.1, 0.15) is 28.2 Å². The number of aromatic nitrogens is 2. The van der Waals surface area contributed by atoms with Crippen molar-refractivity contribution in [1.29, 1.82) is 0 Å². The van der Waals surface area contributed by atoms with Crippen molar-refractivity contribution in [3.05, 3.63) is 47.3 Å². The lowest BCUT2D eigenvalue weighted by Crippen LogP contribution is -2.42. The molecule has 2 aliphatic rings. The highest BCUT2D eigenvalue weighted by Crippen LogP contribution is 2.22. The minimum atomic E-state index is -0.499. The lowest BCUT2D eigenvalue weighted by molar-refractivity contribution is -0.118. The molecule has 25 heavy (non-hydrogen) atoms. The molecule has 1 saturated heterocycles. The van der Waals surface area contributed by atoms with E-state index in [4.69, 9.17) is 0 Å². The molecule has 1 aromatic carbocycles. The maximum Gasteiger partial charge on any atom is 0.272 e. The van der Waals surface area contributed by atoms with E-state index >= 15 is 0 Å². The van der Waals surface area contributed by atoms with Gasteiger partial charge in [0.1, 0.15) is 6.04 Å². The SMILES string of the molecule is Cl.O=C(NC1CCN(c2ccccc2)C1=O)c1n[nH]c2c1CNCC2. The number of hydrogen-bond acceptors (Lipinski definition) is 4. The Balaban J connectivity index is 0.00000182. The average Bonchev–Trinajstić information content (AvgIpc) is 3.20. The molecule has 0 radical (unpaired) electrons. The van der Waals surface area contributed by atoms with Crippen molar-refractivity contribution in [3.8, 4) is 0 Å². The van der Waals surface area contributed by atoms with Crippen molar-refractivity contribution < 1.29 is 9.59 Å². The zero-order valence-electron chi connectivity index (χ0n) is 13.6. The summed E-state index contributed by atoms with van der Waals surface area (Å²) in [5.74, 6) is -0.360. The number of amides is 2. The van der Waals surface area contributed by atoms with Crippen molar-refractivity contribution in [2.75, 3.05) is 18.0 Å². The van der Waals surface area contributed by atoms with E-state index in [0.29, 0.717) is 25.2 Å². The van der Waals surface area contributed by atoms with E-state index in [1.165, 1.54) is 0 Å². The Bertz CT molecular complexity index is 777. The van der Waals surface area contributed by atoms with Crippen molar-refractivity contribution in [3.63, 3.8) is 0 Å². The summed E-state index contributed by atoms with van der Waals surface area (Å²) in [6, 6.07) is 9.02. The van der Waals surface area contributed by atoms with Crippen LogP contribution in [-0.4, -0.2) is 41.1 Å². The van der Waals surface area contributed by atoms with Crippen molar-refractivity contribution in [2.24, 2.45) is 0 Å². The van der Waals surface area contributed by atoms with Gasteiger partial charge in [-0.2, -0.15) is 5.10 Å². The molecule has 0 spiro atoms. The van der Waals surface area contributed by atoms with E-state index in [1.54, 1.807) is 4.90 Å². The summed E-state index contributed by atoms with van der Waals surface area (Å²) in [5.41, 5.74) is 3.16. The van der Waals surface area contributed by atoms with Gasteiger partial charge in [-0.3, -0.25) is 14.7 Å². The van der Waals surface area contributed by atoms with Crippen LogP contribution < -0.4 is 15.5 Å². The van der Waals surface area contributed by atoms with Crippen LogP contribution in [0.15, 0.2) is 30.3 Å². The first-order chi connectivity index (χ1) is 11.7. The van der Waals surface area contributed by atoms with Crippen LogP contribution in [-0.2, 0) is 17.8 Å². The van der Waals surface area contributed by atoms with Gasteiger partial charge in [0.15, 0.2) is 5.69 Å². The van der Waals surface area contributed by atoms with Gasteiger partial charge >= 0.3 is 0 Å². The number of para-hydroxylation sites is 1. The molecule has 1 atom stereocenters. The van der Waals surface area contributed by atoms with Crippen LogP contribution in [0.2, 0.25) is 0 Å². The van der Waals surface area contributed by atoms with Crippen LogP contribution in [0.4, 0.5) is 5.69 Å². The topological polar surface area (TPSA) is 90.1 Å². The maximum absolute atomic E-state index is 12.6. The fourth-order valence-corrected chi connectivity index (χ4v) is 3.32. The van der Waals surface area contributed by atoms with Gasteiger partial charge in [-0.25, -0.2) is 0 Å². The molecule has 2 amide bonds. The molecule has 8 heteroatoms. The first-order valence-electron chi connectivity index (χ1n) is 8.18. The maximum atomic E-state index is 12.6. The number of nitrogens with one attached hydrogen (secondary N) is 3. The first-order valence-corrected chi connectivity index (χ1v) is 8.18. The minimum absolute atomic E-state index is 0. The Morgan fingerprint density at radius 2 is 2.08 bits per heavy atom. The molecule has 7 nitrogen and oxygen atoms in total. The molecule has 0 aliphatic carbocycles. The van der Waals surface area contributed by atoms with Gasteiger partial charge in [0.25, 0.3) is 5.91 Å². The fourth-order valence-electron chi connectivity index (χ4n) is 3.32. The van der Waals surface area contributed by atoms with E-state index in [1.807, 2.05) is 30.3 Å². The molecule has 2 aromatic rings. The number of fused-ring (bicyclic) bond motifs is 1. The Labute approximate surface area is 151 Å². The highest BCUT2D eigenvalue weighted by atomic mass is 35.5. The number of rotatable bonds is 3. The Hall–Kier alpha value is -2.38. The zero-order chi connectivity index (χ0) is 16.5. The molecule has 4 rings (SSSR count). The summed E-state index contributed by atoms with van der Waals surface area (Å²) in [4.78, 5) is 26.8. The van der Waals surface area contributed by atoms with Crippen molar-refractivity contribution in [1.82, 2.24) is 20.8 Å². The summed E-state index contributed by atoms with van der Waals surface area (Å²) in [5, 5.41) is 13.2. The Kier molecular flexibility index (Phi) is 5.06. The van der Waals surface area contributed by atoms with Crippen LogP contribution in [0, 0.1) is 0 Å². The van der Waals surface area contributed by atoms with Crippen LogP contribution in [0.3, 0.4) is 0 Å². The lowest BCUT2D eigenvalue weighted by Gasteiger charge is -2.17. The molecule has 3 N–H and O–H groups in total. The molecule has 0 saturated carbocycles. The summed E-state index contributed by atoms with van der Waals surface area (Å²) >= 11 is 0. The number of hydrogen-bond donors (Lipinski definition) is 3. The summed E-state index contributed by atoms with van der Waals surface area (Å²) in [6.07, 6.45) is 1.43. The molecule has 1 unspecified atom stereocenters. The number of carbonyl (C=O) groups is 2.